The molecule has 0 fully saturated rings. The molecule has 0 spiro atoms. The van der Waals surface area contributed by atoms with Crippen LogP contribution >= 0.6 is 24.4 Å². The van der Waals surface area contributed by atoms with Crippen molar-refractivity contribution in [3.8, 4) is 0 Å². The molecule has 2 aromatic heterocycles. The van der Waals surface area contributed by atoms with Crippen molar-refractivity contribution >= 4 is 46.1 Å². The number of hydrogen-bond acceptors (Lipinski definition) is 6. The smallest absolute Gasteiger partial charge is 0.187 e. The second-order valence-electron chi connectivity index (χ2n) is 5.56. The molecule has 0 bridgehead atoms. The quantitative estimate of drug-likeness (QED) is 0.234. The van der Waals surface area contributed by atoms with Crippen LogP contribution in [0.4, 0.5) is 0 Å². The van der Waals surface area contributed by atoms with Crippen molar-refractivity contribution in [3.05, 3.63) is 60.2 Å². The summed E-state index contributed by atoms with van der Waals surface area (Å²) in [6, 6.07) is 11.3. The lowest BCUT2D eigenvalue weighted by Crippen LogP contribution is -2.41. The van der Waals surface area contributed by atoms with E-state index in [9.17, 15) is 0 Å². The highest BCUT2D eigenvalue weighted by Crippen LogP contribution is 1.95. The van der Waals surface area contributed by atoms with Crippen molar-refractivity contribution in [3.63, 3.8) is 0 Å². The number of nitrogens with zero attached hydrogens (tertiary/aromatic N) is 4. The van der Waals surface area contributed by atoms with E-state index >= 15 is 0 Å². The topological polar surface area (TPSA) is 98.6 Å². The predicted molar refractivity (Wildman–Crippen MR) is 120 cm³/mol. The van der Waals surface area contributed by atoms with Crippen LogP contribution in [0.5, 0.6) is 0 Å². The van der Waals surface area contributed by atoms with Gasteiger partial charge in [0.25, 0.3) is 0 Å². The maximum atomic E-state index is 5.19. The summed E-state index contributed by atoms with van der Waals surface area (Å²) in [7, 11) is 0. The lowest BCUT2D eigenvalue weighted by molar-refractivity contribution is 0.782. The Labute approximate surface area is 174 Å². The molecule has 0 aromatic carbocycles. The van der Waals surface area contributed by atoms with Crippen LogP contribution in [-0.4, -0.2) is 44.7 Å². The standard InChI is InChI=1S/C18H22N8S2/c1-13(15-7-3-5-9-19-15)23-25-17(27)21-11-12-22-18(28)26-24-14(2)16-8-4-6-10-20-16/h3-10H,11-12H2,1-2H3,(H2,21,25,27)(H2,22,26,28). The minimum Gasteiger partial charge on any atom is -0.360 e. The molecule has 0 saturated carbocycles. The summed E-state index contributed by atoms with van der Waals surface area (Å²) >= 11 is 10.4. The Morgan fingerprint density at radius 1 is 0.786 bits per heavy atom. The summed E-state index contributed by atoms with van der Waals surface area (Å²) in [5.74, 6) is 0. The number of hydrazone groups is 2. The highest BCUT2D eigenvalue weighted by Gasteiger charge is 2.00. The van der Waals surface area contributed by atoms with Crippen LogP contribution in [0.1, 0.15) is 25.2 Å². The molecule has 0 aliphatic rings. The maximum Gasteiger partial charge on any atom is 0.187 e. The molecule has 0 amide bonds. The molecular formula is C18H22N8S2. The van der Waals surface area contributed by atoms with Crippen molar-refractivity contribution in [2.24, 2.45) is 10.2 Å². The fourth-order valence-electron chi connectivity index (χ4n) is 1.97. The normalized spacial score (nSPS) is 11.5. The molecular weight excluding hydrogens is 392 g/mol. The molecule has 0 unspecified atom stereocenters. The molecule has 2 aromatic rings. The molecule has 0 radical (unpaired) electrons. The van der Waals surface area contributed by atoms with Crippen molar-refractivity contribution in [1.82, 2.24) is 31.5 Å². The van der Waals surface area contributed by atoms with Gasteiger partial charge in [-0.3, -0.25) is 20.8 Å². The second kappa shape index (κ2) is 11.7. The van der Waals surface area contributed by atoms with Gasteiger partial charge < -0.3 is 10.6 Å². The highest BCUT2D eigenvalue weighted by atomic mass is 32.1. The molecule has 0 atom stereocenters. The van der Waals surface area contributed by atoms with Crippen LogP contribution in [0.3, 0.4) is 0 Å². The Morgan fingerprint density at radius 3 is 1.57 bits per heavy atom. The summed E-state index contributed by atoms with van der Waals surface area (Å²) in [5.41, 5.74) is 8.65. The second-order valence-corrected chi connectivity index (χ2v) is 6.38. The average Bonchev–Trinajstić information content (AvgIpc) is 2.74. The summed E-state index contributed by atoms with van der Waals surface area (Å²) in [5, 5.41) is 15.3. The third kappa shape index (κ3) is 7.72. The van der Waals surface area contributed by atoms with E-state index in [1.165, 1.54) is 0 Å². The first-order chi connectivity index (χ1) is 13.6. The molecule has 2 heterocycles. The van der Waals surface area contributed by atoms with Gasteiger partial charge in [0.2, 0.25) is 0 Å². The number of hydrogen-bond donors (Lipinski definition) is 4. The van der Waals surface area contributed by atoms with Gasteiger partial charge >= 0.3 is 0 Å². The molecule has 10 heteroatoms. The Bertz CT molecular complexity index is 766. The Balaban J connectivity index is 1.64. The van der Waals surface area contributed by atoms with Gasteiger partial charge in [0.1, 0.15) is 0 Å². The molecule has 2 rings (SSSR count). The molecule has 8 nitrogen and oxygen atoms in total. The van der Waals surface area contributed by atoms with Gasteiger partial charge in [0, 0.05) is 25.5 Å². The largest absolute Gasteiger partial charge is 0.360 e. The van der Waals surface area contributed by atoms with Gasteiger partial charge in [-0.15, -0.1) is 0 Å². The SMILES string of the molecule is CC(=NNC(=S)NCCNC(=S)NN=C(C)c1ccccn1)c1ccccn1. The number of pyridine rings is 2. The zero-order valence-corrected chi connectivity index (χ0v) is 17.3. The fraction of sp³-hybridized carbons (Fsp3) is 0.222. The first kappa shape index (κ1) is 21.3. The lowest BCUT2D eigenvalue weighted by Gasteiger charge is -2.10. The van der Waals surface area contributed by atoms with E-state index in [1.54, 1.807) is 12.4 Å². The van der Waals surface area contributed by atoms with Gasteiger partial charge in [0.15, 0.2) is 10.2 Å². The van der Waals surface area contributed by atoms with Gasteiger partial charge in [-0.05, 0) is 62.5 Å². The number of nitrogens with one attached hydrogen (secondary N) is 4. The van der Waals surface area contributed by atoms with Gasteiger partial charge in [-0.2, -0.15) is 10.2 Å². The summed E-state index contributed by atoms with van der Waals surface area (Å²) in [6.07, 6.45) is 3.44. The summed E-state index contributed by atoms with van der Waals surface area (Å²) in [6.45, 7) is 4.84. The van der Waals surface area contributed by atoms with Crippen LogP contribution < -0.4 is 21.5 Å². The van der Waals surface area contributed by atoms with Crippen molar-refractivity contribution < 1.29 is 0 Å². The molecule has 0 aliphatic heterocycles. The van der Waals surface area contributed by atoms with E-state index < -0.39 is 0 Å². The van der Waals surface area contributed by atoms with E-state index in [-0.39, 0.29) is 0 Å². The molecule has 0 aliphatic carbocycles. The third-order valence-corrected chi connectivity index (χ3v) is 3.89. The Kier molecular flexibility index (Phi) is 8.89. The third-order valence-electron chi connectivity index (χ3n) is 3.42. The molecule has 146 valence electrons. The first-order valence-corrected chi connectivity index (χ1v) is 9.37. The van der Waals surface area contributed by atoms with Crippen molar-refractivity contribution in [2.75, 3.05) is 13.1 Å². The van der Waals surface area contributed by atoms with E-state index in [0.29, 0.717) is 23.3 Å². The first-order valence-electron chi connectivity index (χ1n) is 8.55. The molecule has 0 saturated heterocycles. The van der Waals surface area contributed by atoms with E-state index in [1.807, 2.05) is 50.2 Å². The van der Waals surface area contributed by atoms with Crippen LogP contribution in [0.2, 0.25) is 0 Å². The summed E-state index contributed by atoms with van der Waals surface area (Å²) in [4.78, 5) is 8.44. The van der Waals surface area contributed by atoms with Gasteiger partial charge in [-0.25, -0.2) is 0 Å². The van der Waals surface area contributed by atoms with E-state index in [2.05, 4.69) is 41.7 Å². The van der Waals surface area contributed by atoms with Crippen LogP contribution in [0.25, 0.3) is 0 Å². The lowest BCUT2D eigenvalue weighted by atomic mass is 10.3. The summed E-state index contributed by atoms with van der Waals surface area (Å²) < 4.78 is 0. The zero-order chi connectivity index (χ0) is 20.2. The van der Waals surface area contributed by atoms with Crippen LogP contribution in [-0.2, 0) is 0 Å². The number of rotatable bonds is 7. The minimum absolute atomic E-state index is 0.417. The molecule has 4 N–H and O–H groups in total. The van der Waals surface area contributed by atoms with Crippen LogP contribution in [0.15, 0.2) is 59.0 Å². The van der Waals surface area contributed by atoms with Gasteiger partial charge in [-0.1, -0.05) is 12.1 Å². The number of aromatic nitrogens is 2. The minimum atomic E-state index is 0.417. The zero-order valence-electron chi connectivity index (χ0n) is 15.6. The van der Waals surface area contributed by atoms with Gasteiger partial charge in [0.05, 0.1) is 22.8 Å². The van der Waals surface area contributed by atoms with Crippen molar-refractivity contribution in [2.45, 2.75) is 13.8 Å². The number of thiocarbonyl (C=S) groups is 2. The Hall–Kier alpha value is -2.98. The Morgan fingerprint density at radius 2 is 1.21 bits per heavy atom. The van der Waals surface area contributed by atoms with E-state index in [0.717, 1.165) is 22.8 Å². The van der Waals surface area contributed by atoms with Crippen molar-refractivity contribution in [1.29, 1.82) is 0 Å². The monoisotopic (exact) mass is 414 g/mol. The maximum absolute atomic E-state index is 5.19. The average molecular weight is 415 g/mol. The highest BCUT2D eigenvalue weighted by molar-refractivity contribution is 7.80. The van der Waals surface area contributed by atoms with Crippen LogP contribution in [0, 0.1) is 0 Å². The fourth-order valence-corrected chi connectivity index (χ4v) is 2.26. The van der Waals surface area contributed by atoms with E-state index in [4.69, 9.17) is 24.4 Å². The predicted octanol–water partition coefficient (Wildman–Crippen LogP) is 1.55. The molecule has 28 heavy (non-hydrogen) atoms.